The Kier molecular flexibility index (Phi) is 4.88. The summed E-state index contributed by atoms with van der Waals surface area (Å²) in [6.07, 6.45) is 3.35. The van der Waals surface area contributed by atoms with Gasteiger partial charge in [0.05, 0.1) is 15.5 Å². The molecule has 2 aromatic carbocycles. The van der Waals surface area contributed by atoms with Crippen LogP contribution in [0.15, 0.2) is 82.8 Å². The zero-order chi connectivity index (χ0) is 19.8. The molecule has 28 heavy (non-hydrogen) atoms. The molecule has 146 valence electrons. The fourth-order valence-corrected chi connectivity index (χ4v) is 7.69. The van der Waals surface area contributed by atoms with Gasteiger partial charge in [0.25, 0.3) is 0 Å². The monoisotopic (exact) mass is 417 g/mol. The molecule has 2 heterocycles. The second-order valence-electron chi connectivity index (χ2n) is 6.53. The molecule has 4 rings (SSSR count). The maximum atomic E-state index is 13.2. The molecule has 1 atom stereocenters. The molecule has 2 N–H and O–H groups in total. The van der Waals surface area contributed by atoms with E-state index in [0.29, 0.717) is 16.2 Å². The Morgan fingerprint density at radius 2 is 1.89 bits per heavy atom. The SMILES string of the molecule is O=S(=O)(c1cccc(OCc2cccnc2)c1)C1CS(O)(O)c2ccccc21. The van der Waals surface area contributed by atoms with Gasteiger partial charge in [0.2, 0.25) is 0 Å². The number of benzene rings is 2. The third kappa shape index (κ3) is 3.51. The molecule has 1 unspecified atom stereocenters. The van der Waals surface area contributed by atoms with E-state index in [1.807, 2.05) is 6.07 Å². The van der Waals surface area contributed by atoms with E-state index >= 15 is 0 Å². The van der Waals surface area contributed by atoms with Crippen LogP contribution in [0, 0.1) is 0 Å². The van der Waals surface area contributed by atoms with Crippen molar-refractivity contribution in [2.75, 3.05) is 5.75 Å². The van der Waals surface area contributed by atoms with Crippen molar-refractivity contribution in [3.8, 4) is 5.75 Å². The molecule has 0 radical (unpaired) electrons. The van der Waals surface area contributed by atoms with Crippen LogP contribution in [0.1, 0.15) is 16.4 Å². The van der Waals surface area contributed by atoms with E-state index in [2.05, 4.69) is 4.98 Å². The smallest absolute Gasteiger partial charge is 0.187 e. The van der Waals surface area contributed by atoms with Crippen molar-refractivity contribution in [2.24, 2.45) is 0 Å². The predicted molar refractivity (Wildman–Crippen MR) is 107 cm³/mol. The van der Waals surface area contributed by atoms with Gasteiger partial charge in [0, 0.05) is 18.0 Å². The molecule has 0 amide bonds. The third-order valence-electron chi connectivity index (χ3n) is 4.64. The molecular weight excluding hydrogens is 398 g/mol. The van der Waals surface area contributed by atoms with Crippen LogP contribution in [0.3, 0.4) is 0 Å². The first-order valence-corrected chi connectivity index (χ1v) is 11.8. The molecule has 0 spiro atoms. The number of hydrogen-bond donors (Lipinski definition) is 2. The minimum absolute atomic E-state index is 0.0908. The van der Waals surface area contributed by atoms with Crippen LogP contribution in [-0.2, 0) is 16.4 Å². The van der Waals surface area contributed by atoms with Crippen molar-refractivity contribution in [3.05, 3.63) is 84.2 Å². The Balaban J connectivity index is 1.62. The molecule has 6 nitrogen and oxygen atoms in total. The van der Waals surface area contributed by atoms with Crippen molar-refractivity contribution in [1.82, 2.24) is 4.98 Å². The molecule has 0 aliphatic carbocycles. The number of sulfone groups is 1. The van der Waals surface area contributed by atoms with Gasteiger partial charge in [0.1, 0.15) is 17.6 Å². The van der Waals surface area contributed by atoms with E-state index in [1.165, 1.54) is 12.1 Å². The second kappa shape index (κ2) is 7.21. The highest BCUT2D eigenvalue weighted by molar-refractivity contribution is 8.25. The summed E-state index contributed by atoms with van der Waals surface area (Å²) in [5.41, 5.74) is 1.32. The number of fused-ring (bicyclic) bond motifs is 1. The minimum Gasteiger partial charge on any atom is -0.489 e. The maximum Gasteiger partial charge on any atom is 0.187 e. The molecule has 8 heteroatoms. The minimum atomic E-state index is -3.82. The highest BCUT2D eigenvalue weighted by atomic mass is 32.3. The second-order valence-corrected chi connectivity index (χ2v) is 10.8. The zero-order valence-electron chi connectivity index (χ0n) is 14.8. The molecule has 1 aliphatic rings. The average molecular weight is 418 g/mol. The van der Waals surface area contributed by atoms with Crippen LogP contribution in [0.5, 0.6) is 5.75 Å². The first kappa shape index (κ1) is 18.9. The number of ether oxygens (including phenoxy) is 1. The van der Waals surface area contributed by atoms with Crippen molar-refractivity contribution in [3.63, 3.8) is 0 Å². The largest absolute Gasteiger partial charge is 0.489 e. The van der Waals surface area contributed by atoms with Crippen molar-refractivity contribution < 1.29 is 22.3 Å². The zero-order valence-corrected chi connectivity index (χ0v) is 16.4. The van der Waals surface area contributed by atoms with Crippen LogP contribution in [0.2, 0.25) is 0 Å². The summed E-state index contributed by atoms with van der Waals surface area (Å²) < 4.78 is 52.8. The molecule has 1 aromatic heterocycles. The Hall–Kier alpha value is -2.39. The summed E-state index contributed by atoms with van der Waals surface area (Å²) in [5, 5.41) is -0.998. The van der Waals surface area contributed by atoms with Crippen LogP contribution in [-0.4, -0.2) is 28.3 Å². The molecular formula is C20H19NO5S2. The lowest BCUT2D eigenvalue weighted by atomic mass is 10.2. The number of rotatable bonds is 5. The molecule has 1 aliphatic heterocycles. The summed E-state index contributed by atoms with van der Waals surface area (Å²) in [4.78, 5) is 4.42. The number of aromatic nitrogens is 1. The van der Waals surface area contributed by atoms with E-state index in [9.17, 15) is 17.5 Å². The number of nitrogens with zero attached hydrogens (tertiary/aromatic N) is 1. The van der Waals surface area contributed by atoms with E-state index in [-0.39, 0.29) is 17.3 Å². The molecule has 0 bridgehead atoms. The third-order valence-corrected chi connectivity index (χ3v) is 8.80. The summed E-state index contributed by atoms with van der Waals surface area (Å²) in [6, 6.07) is 16.5. The van der Waals surface area contributed by atoms with Gasteiger partial charge in [-0.15, -0.1) is 0 Å². The summed E-state index contributed by atoms with van der Waals surface area (Å²) in [5.74, 6) is 0.193. The van der Waals surface area contributed by atoms with Gasteiger partial charge < -0.3 is 4.74 Å². The van der Waals surface area contributed by atoms with E-state index in [1.54, 1.807) is 54.9 Å². The van der Waals surface area contributed by atoms with Crippen LogP contribution < -0.4 is 4.74 Å². The van der Waals surface area contributed by atoms with Gasteiger partial charge in [-0.05, 0) is 35.9 Å². The lowest BCUT2D eigenvalue weighted by molar-refractivity contribution is 0.305. The molecule has 0 saturated heterocycles. The van der Waals surface area contributed by atoms with E-state index in [0.717, 1.165) is 5.56 Å². The maximum absolute atomic E-state index is 13.2. The number of hydrogen-bond acceptors (Lipinski definition) is 6. The number of pyridine rings is 1. The highest BCUT2D eigenvalue weighted by Crippen LogP contribution is 2.61. The van der Waals surface area contributed by atoms with Gasteiger partial charge in [-0.2, -0.15) is 10.6 Å². The van der Waals surface area contributed by atoms with Gasteiger partial charge in [-0.25, -0.2) is 8.42 Å². The van der Waals surface area contributed by atoms with Crippen LogP contribution >= 0.6 is 10.6 Å². The van der Waals surface area contributed by atoms with Gasteiger partial charge >= 0.3 is 0 Å². The lowest BCUT2D eigenvalue weighted by Crippen LogP contribution is -2.15. The first-order valence-electron chi connectivity index (χ1n) is 8.58. The van der Waals surface area contributed by atoms with Crippen molar-refractivity contribution in [2.45, 2.75) is 21.6 Å². The first-order chi connectivity index (χ1) is 13.4. The molecule has 0 saturated carbocycles. The van der Waals surface area contributed by atoms with Gasteiger partial charge in [-0.1, -0.05) is 30.3 Å². The fraction of sp³-hybridized carbons (Fsp3) is 0.150. The summed E-state index contributed by atoms with van der Waals surface area (Å²) in [7, 11) is -6.94. The topological polar surface area (TPSA) is 96.7 Å². The Labute approximate surface area is 165 Å². The fourth-order valence-electron chi connectivity index (χ4n) is 3.25. The quantitative estimate of drug-likeness (QED) is 0.642. The Morgan fingerprint density at radius 3 is 2.68 bits per heavy atom. The lowest BCUT2D eigenvalue weighted by Gasteiger charge is -2.27. The average Bonchev–Trinajstić information content (AvgIpc) is 2.99. The van der Waals surface area contributed by atoms with Crippen LogP contribution in [0.25, 0.3) is 0 Å². The molecule has 3 aromatic rings. The Morgan fingerprint density at radius 1 is 1.07 bits per heavy atom. The van der Waals surface area contributed by atoms with E-state index in [4.69, 9.17) is 4.74 Å². The van der Waals surface area contributed by atoms with Crippen LogP contribution in [0.4, 0.5) is 0 Å². The molecule has 0 fully saturated rings. The Bertz CT molecular complexity index is 1100. The van der Waals surface area contributed by atoms with Gasteiger partial charge in [-0.3, -0.25) is 14.1 Å². The predicted octanol–water partition coefficient (Wildman–Crippen LogP) is 4.30. The highest BCUT2D eigenvalue weighted by Gasteiger charge is 2.42. The summed E-state index contributed by atoms with van der Waals surface area (Å²) in [6.45, 7) is 0.268. The van der Waals surface area contributed by atoms with Crippen molar-refractivity contribution >= 4 is 20.4 Å². The van der Waals surface area contributed by atoms with Crippen molar-refractivity contribution in [1.29, 1.82) is 0 Å². The summed E-state index contributed by atoms with van der Waals surface area (Å²) >= 11 is 0. The standard InChI is InChI=1S/C20H19NO5S2/c22-27(23)14-20(18-8-1-2-9-19(18)27)28(24,25)17-7-3-6-16(11-17)26-13-15-5-4-10-21-12-15/h1-12,20,22-23H,13-14H2. The normalized spacial score (nSPS) is 19.0. The van der Waals surface area contributed by atoms with Gasteiger partial charge in [0.15, 0.2) is 9.84 Å². The van der Waals surface area contributed by atoms with E-state index < -0.39 is 25.7 Å².